The summed E-state index contributed by atoms with van der Waals surface area (Å²) in [5.74, 6) is 0.421. The van der Waals surface area contributed by atoms with E-state index in [9.17, 15) is 9.90 Å². The highest BCUT2D eigenvalue weighted by molar-refractivity contribution is 5.87. The van der Waals surface area contributed by atoms with E-state index in [1.54, 1.807) is 0 Å². The first-order chi connectivity index (χ1) is 9.77. The van der Waals surface area contributed by atoms with Crippen molar-refractivity contribution in [3.63, 3.8) is 0 Å². The van der Waals surface area contributed by atoms with Crippen LogP contribution in [0.1, 0.15) is 20.8 Å². The molecule has 2 aromatic rings. The van der Waals surface area contributed by atoms with E-state index in [-0.39, 0.29) is 17.6 Å². The molecule has 0 atom stereocenters. The first-order valence-electron chi connectivity index (χ1n) is 6.42. The predicted octanol–water partition coefficient (Wildman–Crippen LogP) is 0.639. The summed E-state index contributed by atoms with van der Waals surface area (Å²) in [5, 5.41) is 15.4. The molecule has 21 heavy (non-hydrogen) atoms. The second kappa shape index (κ2) is 5.39. The van der Waals surface area contributed by atoms with E-state index in [4.69, 9.17) is 5.73 Å². The van der Waals surface area contributed by atoms with E-state index in [1.807, 2.05) is 13.8 Å². The van der Waals surface area contributed by atoms with Crippen molar-refractivity contribution in [2.24, 2.45) is 0 Å². The Labute approximate surface area is 121 Å². The molecular formula is C13H18N6O2. The molecule has 0 radical (unpaired) electrons. The zero-order valence-electron chi connectivity index (χ0n) is 12.1. The van der Waals surface area contributed by atoms with Gasteiger partial charge in [0.25, 0.3) is 0 Å². The fraction of sp³-hybridized carbons (Fsp3) is 0.385. The lowest BCUT2D eigenvalue weighted by molar-refractivity contribution is -0.119. The maximum Gasteiger partial charge on any atom is 0.222 e. The van der Waals surface area contributed by atoms with Gasteiger partial charge in [-0.05, 0) is 13.8 Å². The maximum absolute atomic E-state index is 11.0. The number of nitrogens with one attached hydrogen (secondary N) is 2. The number of nitrogens with two attached hydrogens (primary N) is 1. The lowest BCUT2D eigenvalue weighted by Gasteiger charge is -2.27. The van der Waals surface area contributed by atoms with E-state index < -0.39 is 5.54 Å². The average molecular weight is 290 g/mol. The van der Waals surface area contributed by atoms with Gasteiger partial charge in [-0.3, -0.25) is 4.79 Å². The highest BCUT2D eigenvalue weighted by Crippen LogP contribution is 2.24. The van der Waals surface area contributed by atoms with Gasteiger partial charge in [-0.25, -0.2) is 9.97 Å². The molecule has 2 aromatic heterocycles. The molecule has 0 saturated heterocycles. The molecule has 0 aliphatic rings. The molecule has 0 unspecified atom stereocenters. The topological polar surface area (TPSA) is 126 Å². The molecule has 0 bridgehead atoms. The number of nitrogen functional groups attached to an aromatic ring is 1. The summed E-state index contributed by atoms with van der Waals surface area (Å²) in [6.45, 7) is 5.69. The van der Waals surface area contributed by atoms with E-state index in [0.717, 1.165) is 0 Å². The van der Waals surface area contributed by atoms with Crippen molar-refractivity contribution in [2.75, 3.05) is 17.6 Å². The van der Waals surface area contributed by atoms with Gasteiger partial charge in [0.15, 0.2) is 5.82 Å². The van der Waals surface area contributed by atoms with Crippen molar-refractivity contribution in [3.05, 3.63) is 12.3 Å². The normalized spacial score (nSPS) is 11.4. The third-order valence-electron chi connectivity index (χ3n) is 2.77. The smallest absolute Gasteiger partial charge is 0.222 e. The Bertz CT molecular complexity index is 680. The van der Waals surface area contributed by atoms with Gasteiger partial charge in [0, 0.05) is 19.5 Å². The number of fused-ring (bicyclic) bond motifs is 1. The Morgan fingerprint density at radius 3 is 2.81 bits per heavy atom. The quantitative estimate of drug-likeness (QED) is 0.650. The van der Waals surface area contributed by atoms with Crippen molar-refractivity contribution < 1.29 is 9.90 Å². The van der Waals surface area contributed by atoms with Gasteiger partial charge in [0.05, 0.1) is 11.7 Å². The zero-order chi connectivity index (χ0) is 15.6. The van der Waals surface area contributed by atoms with Crippen LogP contribution in [0.5, 0.6) is 5.75 Å². The molecule has 0 saturated carbocycles. The molecule has 5 N–H and O–H groups in total. The monoisotopic (exact) mass is 290 g/mol. The molecule has 112 valence electrons. The fourth-order valence-corrected chi connectivity index (χ4v) is 1.82. The second-order valence-electron chi connectivity index (χ2n) is 5.41. The van der Waals surface area contributed by atoms with Crippen LogP contribution in [0, 0.1) is 0 Å². The summed E-state index contributed by atoms with van der Waals surface area (Å²) in [6, 6.07) is 1.46. The molecule has 0 aromatic carbocycles. The zero-order valence-corrected chi connectivity index (χ0v) is 12.1. The van der Waals surface area contributed by atoms with Crippen LogP contribution in [0.25, 0.3) is 11.0 Å². The molecular weight excluding hydrogens is 272 g/mol. The van der Waals surface area contributed by atoms with Gasteiger partial charge in [-0.2, -0.15) is 4.98 Å². The number of carbonyl (C=O) groups is 1. The van der Waals surface area contributed by atoms with Gasteiger partial charge < -0.3 is 21.5 Å². The molecule has 0 aliphatic heterocycles. The average Bonchev–Trinajstić information content (AvgIpc) is 2.35. The standard InChI is InChI=1S/C13H18N6O2/c1-7(20)16-6-13(2,3)19-11-10-9(17-12(14)18-11)4-8(21)5-15-10/h4-5,21H,6H2,1-3H3,(H,16,20)(H3,14,17,18,19). The second-order valence-corrected chi connectivity index (χ2v) is 5.41. The van der Waals surface area contributed by atoms with Crippen LogP contribution in [-0.4, -0.2) is 38.0 Å². The fourth-order valence-electron chi connectivity index (χ4n) is 1.82. The Balaban J connectivity index is 2.35. The third kappa shape index (κ3) is 3.68. The number of pyridine rings is 1. The SMILES string of the molecule is CC(=O)NCC(C)(C)Nc1nc(N)nc2cc(O)cnc12. The number of rotatable bonds is 4. The summed E-state index contributed by atoms with van der Waals surface area (Å²) in [4.78, 5) is 23.3. The highest BCUT2D eigenvalue weighted by Gasteiger charge is 2.21. The van der Waals surface area contributed by atoms with Crippen LogP contribution in [0.4, 0.5) is 11.8 Å². The summed E-state index contributed by atoms with van der Waals surface area (Å²) in [6.07, 6.45) is 1.31. The van der Waals surface area contributed by atoms with Gasteiger partial charge in [-0.15, -0.1) is 0 Å². The molecule has 2 heterocycles. The minimum Gasteiger partial charge on any atom is -0.506 e. The van der Waals surface area contributed by atoms with E-state index >= 15 is 0 Å². The lowest BCUT2D eigenvalue weighted by Crippen LogP contribution is -2.43. The number of carbonyl (C=O) groups excluding carboxylic acids is 1. The largest absolute Gasteiger partial charge is 0.506 e. The van der Waals surface area contributed by atoms with E-state index in [1.165, 1.54) is 19.2 Å². The predicted molar refractivity (Wildman–Crippen MR) is 79.8 cm³/mol. The molecule has 1 amide bonds. The first-order valence-corrected chi connectivity index (χ1v) is 6.42. The van der Waals surface area contributed by atoms with Crippen molar-refractivity contribution in [2.45, 2.75) is 26.3 Å². The van der Waals surface area contributed by atoms with Crippen LogP contribution >= 0.6 is 0 Å². The lowest BCUT2D eigenvalue weighted by atomic mass is 10.1. The van der Waals surface area contributed by atoms with Crippen molar-refractivity contribution in [3.8, 4) is 5.75 Å². The Hall–Kier alpha value is -2.64. The molecule has 8 heteroatoms. The van der Waals surface area contributed by atoms with Crippen LogP contribution in [0.3, 0.4) is 0 Å². The van der Waals surface area contributed by atoms with Crippen molar-refractivity contribution in [1.29, 1.82) is 0 Å². The number of aromatic nitrogens is 3. The van der Waals surface area contributed by atoms with Crippen LogP contribution in [-0.2, 0) is 4.79 Å². The Morgan fingerprint density at radius 2 is 2.14 bits per heavy atom. The molecule has 0 fully saturated rings. The number of amides is 1. The molecule has 8 nitrogen and oxygen atoms in total. The van der Waals surface area contributed by atoms with Crippen molar-refractivity contribution >= 4 is 28.7 Å². The number of nitrogens with zero attached hydrogens (tertiary/aromatic N) is 3. The summed E-state index contributed by atoms with van der Waals surface area (Å²) >= 11 is 0. The highest BCUT2D eigenvalue weighted by atomic mass is 16.3. The number of anilines is 2. The van der Waals surface area contributed by atoms with Crippen LogP contribution < -0.4 is 16.4 Å². The Kier molecular flexibility index (Phi) is 3.79. The number of hydrogen-bond acceptors (Lipinski definition) is 7. The van der Waals surface area contributed by atoms with Gasteiger partial charge >= 0.3 is 0 Å². The van der Waals surface area contributed by atoms with E-state index in [0.29, 0.717) is 23.4 Å². The molecule has 0 aliphatic carbocycles. The van der Waals surface area contributed by atoms with Crippen LogP contribution in [0.2, 0.25) is 0 Å². The van der Waals surface area contributed by atoms with Crippen LogP contribution in [0.15, 0.2) is 12.3 Å². The minimum absolute atomic E-state index is 0.00376. The van der Waals surface area contributed by atoms with Gasteiger partial charge in [0.2, 0.25) is 11.9 Å². The summed E-state index contributed by atoms with van der Waals surface area (Å²) in [5.41, 5.74) is 6.16. The summed E-state index contributed by atoms with van der Waals surface area (Å²) < 4.78 is 0. The van der Waals surface area contributed by atoms with Gasteiger partial charge in [0.1, 0.15) is 16.8 Å². The first kappa shape index (κ1) is 14.8. The number of aromatic hydroxyl groups is 1. The molecule has 2 rings (SSSR count). The minimum atomic E-state index is -0.459. The molecule has 0 spiro atoms. The summed E-state index contributed by atoms with van der Waals surface area (Å²) in [7, 11) is 0. The number of hydrogen-bond donors (Lipinski definition) is 4. The van der Waals surface area contributed by atoms with Gasteiger partial charge in [-0.1, -0.05) is 0 Å². The third-order valence-corrected chi connectivity index (χ3v) is 2.77. The maximum atomic E-state index is 11.0. The Morgan fingerprint density at radius 1 is 1.43 bits per heavy atom. The van der Waals surface area contributed by atoms with E-state index in [2.05, 4.69) is 25.6 Å². The van der Waals surface area contributed by atoms with Crippen molar-refractivity contribution in [1.82, 2.24) is 20.3 Å².